The van der Waals surface area contributed by atoms with E-state index in [0.29, 0.717) is 0 Å². The Labute approximate surface area is 140 Å². The Morgan fingerprint density at radius 2 is 0.818 bits per heavy atom. The molecule has 134 valence electrons. The van der Waals surface area contributed by atoms with E-state index in [1.807, 2.05) is 0 Å². The second-order valence-corrected chi connectivity index (χ2v) is 13.7. The van der Waals surface area contributed by atoms with Gasteiger partial charge in [0.25, 0.3) is 0 Å². The summed E-state index contributed by atoms with van der Waals surface area (Å²) in [5.74, 6) is 0. The highest BCUT2D eigenvalue weighted by molar-refractivity contribution is 6.87. The van der Waals surface area contributed by atoms with E-state index in [-0.39, 0.29) is 5.16 Å². The maximum absolute atomic E-state index is 6.24. The summed E-state index contributed by atoms with van der Waals surface area (Å²) in [5.41, 5.74) is 0. The zero-order valence-corrected chi connectivity index (χ0v) is 17.9. The molecule has 0 amide bonds. The van der Waals surface area contributed by atoms with Gasteiger partial charge in [-0.05, 0) is 38.8 Å². The van der Waals surface area contributed by atoms with E-state index in [1.54, 1.807) is 0 Å². The molecule has 0 atom stereocenters. The molecule has 0 fully saturated rings. The van der Waals surface area contributed by atoms with Gasteiger partial charge in [0.15, 0.2) is 0 Å². The van der Waals surface area contributed by atoms with Gasteiger partial charge in [0.05, 0.1) is 0 Å². The van der Waals surface area contributed by atoms with Crippen molar-refractivity contribution in [1.82, 2.24) is 0 Å². The second kappa shape index (κ2) is 11.8. The molecule has 0 aliphatic heterocycles. The summed E-state index contributed by atoms with van der Waals surface area (Å²) >= 11 is 0. The average Bonchev–Trinajstić information content (AvgIpc) is 2.53. The molecule has 0 saturated heterocycles. The Morgan fingerprint density at radius 1 is 0.591 bits per heavy atom. The number of hydrogen-bond donors (Lipinski definition) is 0. The predicted molar refractivity (Wildman–Crippen MR) is 97.6 cm³/mol. The molecule has 0 aromatic carbocycles. The molecule has 0 saturated carbocycles. The fraction of sp³-hybridized carbons (Fsp3) is 1.00. The van der Waals surface area contributed by atoms with Gasteiger partial charge < -0.3 is 17.7 Å². The van der Waals surface area contributed by atoms with E-state index < -0.39 is 17.1 Å². The third-order valence-corrected chi connectivity index (χ3v) is 13.3. The van der Waals surface area contributed by atoms with Gasteiger partial charge in [0.1, 0.15) is 0 Å². The van der Waals surface area contributed by atoms with Crippen LogP contribution in [0.4, 0.5) is 0 Å². The van der Waals surface area contributed by atoms with Crippen LogP contribution in [-0.4, -0.2) is 43.5 Å². The van der Waals surface area contributed by atoms with Crippen molar-refractivity contribution in [2.45, 2.75) is 78.6 Å². The van der Waals surface area contributed by atoms with E-state index in [2.05, 4.69) is 47.7 Å². The first-order valence-electron chi connectivity index (χ1n) is 8.95. The molecule has 0 N–H and O–H groups in total. The second-order valence-electron chi connectivity index (χ2n) is 6.15. The molecule has 22 heavy (non-hydrogen) atoms. The maximum atomic E-state index is 6.24. The standard InChI is InChI=1S/C16H38O4Si2/c1-8-12-17-21(6,18-13-9-2)16(5)22(7,19-14-10-3)20-15-11-4/h16H,8-15H2,1-7H3. The van der Waals surface area contributed by atoms with Crippen LogP contribution < -0.4 is 0 Å². The van der Waals surface area contributed by atoms with E-state index in [1.165, 1.54) is 0 Å². The van der Waals surface area contributed by atoms with Crippen LogP contribution in [-0.2, 0) is 17.7 Å². The summed E-state index contributed by atoms with van der Waals surface area (Å²) < 4.78 is 25.0. The third-order valence-electron chi connectivity index (χ3n) is 3.94. The molecule has 0 aromatic rings. The van der Waals surface area contributed by atoms with Gasteiger partial charge in [-0.3, -0.25) is 0 Å². The first-order chi connectivity index (χ1) is 10.4. The average molecular weight is 351 g/mol. The third kappa shape index (κ3) is 7.23. The molecule has 6 heteroatoms. The molecule has 0 heterocycles. The highest BCUT2D eigenvalue weighted by atomic mass is 28.4. The lowest BCUT2D eigenvalue weighted by Gasteiger charge is -2.41. The maximum Gasteiger partial charge on any atom is 0.339 e. The van der Waals surface area contributed by atoms with Crippen molar-refractivity contribution < 1.29 is 17.7 Å². The summed E-state index contributed by atoms with van der Waals surface area (Å²) in [7, 11) is -4.64. The number of hydrogen-bond acceptors (Lipinski definition) is 4. The Bertz CT molecular complexity index is 235. The minimum Gasteiger partial charge on any atom is -0.394 e. The minimum atomic E-state index is -2.32. The lowest BCUT2D eigenvalue weighted by Crippen LogP contribution is -2.57. The first kappa shape index (κ1) is 22.3. The monoisotopic (exact) mass is 350 g/mol. The van der Waals surface area contributed by atoms with Crippen LogP contribution >= 0.6 is 0 Å². The van der Waals surface area contributed by atoms with Crippen LogP contribution in [0.3, 0.4) is 0 Å². The summed E-state index contributed by atoms with van der Waals surface area (Å²) in [6.45, 7) is 18.1. The van der Waals surface area contributed by atoms with Gasteiger partial charge in [-0.2, -0.15) is 0 Å². The highest BCUT2D eigenvalue weighted by Crippen LogP contribution is 2.35. The van der Waals surface area contributed by atoms with Crippen molar-refractivity contribution in [2.75, 3.05) is 26.4 Å². The van der Waals surface area contributed by atoms with Crippen LogP contribution in [0, 0.1) is 0 Å². The minimum absolute atomic E-state index is 0.233. The van der Waals surface area contributed by atoms with Gasteiger partial charge in [-0.15, -0.1) is 0 Å². The smallest absolute Gasteiger partial charge is 0.339 e. The largest absolute Gasteiger partial charge is 0.394 e. The van der Waals surface area contributed by atoms with Crippen molar-refractivity contribution in [1.29, 1.82) is 0 Å². The van der Waals surface area contributed by atoms with E-state index in [9.17, 15) is 0 Å². The topological polar surface area (TPSA) is 36.9 Å². The predicted octanol–water partition coefficient (Wildman–Crippen LogP) is 4.77. The van der Waals surface area contributed by atoms with Crippen LogP contribution in [0.25, 0.3) is 0 Å². The van der Waals surface area contributed by atoms with Crippen LogP contribution in [0.2, 0.25) is 18.3 Å². The van der Waals surface area contributed by atoms with Crippen molar-refractivity contribution >= 4 is 17.1 Å². The van der Waals surface area contributed by atoms with Crippen LogP contribution in [0.5, 0.6) is 0 Å². The Kier molecular flexibility index (Phi) is 11.9. The van der Waals surface area contributed by atoms with Crippen molar-refractivity contribution in [3.8, 4) is 0 Å². The van der Waals surface area contributed by atoms with Crippen molar-refractivity contribution in [3.05, 3.63) is 0 Å². The molecule has 0 bridgehead atoms. The van der Waals surface area contributed by atoms with Crippen LogP contribution in [0.1, 0.15) is 60.3 Å². The van der Waals surface area contributed by atoms with Crippen LogP contribution in [0.15, 0.2) is 0 Å². The Morgan fingerprint density at radius 3 is 1.00 bits per heavy atom. The van der Waals surface area contributed by atoms with E-state index >= 15 is 0 Å². The molecule has 0 unspecified atom stereocenters. The van der Waals surface area contributed by atoms with Gasteiger partial charge in [-0.1, -0.05) is 34.6 Å². The molecule has 4 nitrogen and oxygen atoms in total. The summed E-state index contributed by atoms with van der Waals surface area (Å²) in [6.07, 6.45) is 4.03. The van der Waals surface area contributed by atoms with E-state index in [0.717, 1.165) is 52.1 Å². The Hall–Kier alpha value is 0.274. The number of rotatable bonds is 14. The molecular formula is C16H38O4Si2. The molecule has 0 aromatic heterocycles. The van der Waals surface area contributed by atoms with Crippen molar-refractivity contribution in [3.63, 3.8) is 0 Å². The fourth-order valence-corrected chi connectivity index (χ4v) is 10.7. The summed E-state index contributed by atoms with van der Waals surface area (Å²) in [5, 5.41) is 0.233. The fourth-order valence-electron chi connectivity index (χ4n) is 2.28. The molecule has 0 aliphatic carbocycles. The summed E-state index contributed by atoms with van der Waals surface area (Å²) in [4.78, 5) is 0. The first-order valence-corrected chi connectivity index (χ1v) is 13.7. The molecular weight excluding hydrogens is 312 g/mol. The lowest BCUT2D eigenvalue weighted by molar-refractivity contribution is 0.142. The summed E-state index contributed by atoms with van der Waals surface area (Å²) in [6, 6.07) is 0. The SMILES string of the molecule is CCCO[Si](C)(OCCC)C(C)[Si](C)(OCCC)OCCC. The molecule has 0 rings (SSSR count). The molecule has 0 spiro atoms. The quantitative estimate of drug-likeness (QED) is 0.423. The highest BCUT2D eigenvalue weighted by Gasteiger charge is 2.53. The Balaban J connectivity index is 5.15. The lowest BCUT2D eigenvalue weighted by atomic mass is 10.5. The van der Waals surface area contributed by atoms with Gasteiger partial charge in [0.2, 0.25) is 0 Å². The van der Waals surface area contributed by atoms with Crippen molar-refractivity contribution in [2.24, 2.45) is 0 Å². The van der Waals surface area contributed by atoms with E-state index in [4.69, 9.17) is 17.7 Å². The van der Waals surface area contributed by atoms with Gasteiger partial charge in [-0.25, -0.2) is 0 Å². The molecule has 0 aliphatic rings. The normalized spacial score (nSPS) is 13.1. The van der Waals surface area contributed by atoms with Gasteiger partial charge >= 0.3 is 17.1 Å². The zero-order chi connectivity index (χ0) is 17.1. The molecule has 0 radical (unpaired) electrons. The zero-order valence-electron chi connectivity index (χ0n) is 15.9. The van der Waals surface area contributed by atoms with Gasteiger partial charge in [0, 0.05) is 31.6 Å².